The lowest BCUT2D eigenvalue weighted by Gasteiger charge is -2.35. The first-order valence-corrected chi connectivity index (χ1v) is 13.3. The number of nitrogen functional groups attached to an aromatic ring is 1. The van der Waals surface area contributed by atoms with Crippen molar-refractivity contribution in [2.45, 2.75) is 18.6 Å². The quantitative estimate of drug-likeness (QED) is 0.221. The highest BCUT2D eigenvalue weighted by Crippen LogP contribution is 2.50. The lowest BCUT2D eigenvalue weighted by molar-refractivity contribution is -0.137. The van der Waals surface area contributed by atoms with Gasteiger partial charge in [0, 0.05) is 45.7 Å². The fraction of sp³-hybridized carbons (Fsp3) is 0.133. The number of anilines is 3. The fourth-order valence-electron chi connectivity index (χ4n) is 5.56. The van der Waals surface area contributed by atoms with Gasteiger partial charge < -0.3 is 16.4 Å². The minimum atomic E-state index is -4.93. The zero-order valence-electron chi connectivity index (χ0n) is 22.2. The summed E-state index contributed by atoms with van der Waals surface area (Å²) in [5, 5.41) is 15.2. The molecule has 3 heterocycles. The van der Waals surface area contributed by atoms with Crippen LogP contribution in [-0.2, 0) is 12.6 Å². The smallest absolute Gasteiger partial charge is 0.384 e. The number of nitrogens with one attached hydrogen (secondary N) is 2. The first kappa shape index (κ1) is 28.9. The Balaban J connectivity index is 1.60. The van der Waals surface area contributed by atoms with Crippen LogP contribution in [0.25, 0.3) is 11.1 Å². The number of urea groups is 1. The van der Waals surface area contributed by atoms with Crippen LogP contribution in [0.15, 0.2) is 54.7 Å². The average molecular weight is 625 g/mol. The minimum Gasteiger partial charge on any atom is -0.384 e. The van der Waals surface area contributed by atoms with Crippen LogP contribution in [0.5, 0.6) is 0 Å². The standard InChI is InChI=1S/C30H18ClF5N6O2/c31-22-2-1-16(32)9-20(22)26-25-23(40-28(43)13-5-15(30(34,35)36)8-17(33)6-13)10-19(21-12-39-24(38)7-14(21)11-37)18-3-4-42(27(18)25)29(44)41-26/h1-2,5-10,12,26H,3-4H2,(H2,38,39)(H,40,43)(H,41,44). The van der Waals surface area contributed by atoms with E-state index in [1.54, 1.807) is 0 Å². The summed E-state index contributed by atoms with van der Waals surface area (Å²) >= 11 is 6.43. The molecule has 1 unspecified atom stereocenters. The second kappa shape index (κ2) is 10.5. The molecule has 1 aromatic heterocycles. The van der Waals surface area contributed by atoms with E-state index in [-0.39, 0.29) is 45.8 Å². The molecule has 2 aliphatic rings. The van der Waals surface area contributed by atoms with E-state index in [9.17, 15) is 36.8 Å². The maximum Gasteiger partial charge on any atom is 0.416 e. The summed E-state index contributed by atoms with van der Waals surface area (Å²) in [6, 6.07) is 8.15. The van der Waals surface area contributed by atoms with Gasteiger partial charge in [-0.05, 0) is 66.1 Å². The molecule has 8 nitrogen and oxygen atoms in total. The second-order valence-corrected chi connectivity index (χ2v) is 10.5. The summed E-state index contributed by atoms with van der Waals surface area (Å²) in [5.41, 5.74) is 5.94. The molecule has 222 valence electrons. The van der Waals surface area contributed by atoms with Gasteiger partial charge in [0.25, 0.3) is 5.91 Å². The van der Waals surface area contributed by atoms with Gasteiger partial charge in [0.15, 0.2) is 0 Å². The number of benzene rings is 3. The Kier molecular flexibility index (Phi) is 6.89. The number of hydrogen-bond acceptors (Lipinski definition) is 5. The Morgan fingerprint density at radius 3 is 2.61 bits per heavy atom. The van der Waals surface area contributed by atoms with Gasteiger partial charge in [-0.2, -0.15) is 18.4 Å². The first-order chi connectivity index (χ1) is 20.8. The molecule has 4 N–H and O–H groups in total. The third-order valence-electron chi connectivity index (χ3n) is 7.44. The number of rotatable bonds is 4. The van der Waals surface area contributed by atoms with E-state index in [0.717, 1.165) is 12.1 Å². The van der Waals surface area contributed by atoms with E-state index in [2.05, 4.69) is 15.6 Å². The van der Waals surface area contributed by atoms with Crippen molar-refractivity contribution in [3.8, 4) is 17.2 Å². The van der Waals surface area contributed by atoms with Crippen molar-refractivity contribution in [3.63, 3.8) is 0 Å². The highest BCUT2D eigenvalue weighted by atomic mass is 35.5. The van der Waals surface area contributed by atoms with Crippen molar-refractivity contribution in [1.29, 1.82) is 5.26 Å². The molecule has 0 saturated carbocycles. The van der Waals surface area contributed by atoms with Crippen molar-refractivity contribution in [2.75, 3.05) is 22.5 Å². The Hall–Kier alpha value is -5.22. The van der Waals surface area contributed by atoms with Crippen LogP contribution in [0, 0.1) is 23.0 Å². The van der Waals surface area contributed by atoms with Gasteiger partial charge in [-0.25, -0.2) is 18.6 Å². The van der Waals surface area contributed by atoms with Gasteiger partial charge in [-0.1, -0.05) is 11.6 Å². The van der Waals surface area contributed by atoms with Crippen LogP contribution < -0.4 is 21.3 Å². The summed E-state index contributed by atoms with van der Waals surface area (Å²) in [6.07, 6.45) is -3.26. The van der Waals surface area contributed by atoms with E-state index in [4.69, 9.17) is 17.3 Å². The number of carbonyl (C=O) groups excluding carboxylic acids is 2. The van der Waals surface area contributed by atoms with Crippen LogP contribution in [0.2, 0.25) is 5.02 Å². The molecule has 0 saturated heterocycles. The van der Waals surface area contributed by atoms with Crippen molar-refractivity contribution in [3.05, 3.63) is 105 Å². The highest BCUT2D eigenvalue weighted by molar-refractivity contribution is 6.31. The topological polar surface area (TPSA) is 124 Å². The molecule has 14 heteroatoms. The maximum atomic E-state index is 14.4. The molecule has 2 aliphatic heterocycles. The summed E-state index contributed by atoms with van der Waals surface area (Å²) < 4.78 is 68.9. The summed E-state index contributed by atoms with van der Waals surface area (Å²) in [6.45, 7) is 0.200. The number of halogens is 6. The molecule has 44 heavy (non-hydrogen) atoms. The van der Waals surface area contributed by atoms with Crippen LogP contribution in [-0.4, -0.2) is 23.5 Å². The molecular formula is C30H18ClF5N6O2. The zero-order chi connectivity index (χ0) is 31.5. The van der Waals surface area contributed by atoms with Crippen molar-refractivity contribution >= 4 is 40.7 Å². The van der Waals surface area contributed by atoms with Crippen LogP contribution >= 0.6 is 11.6 Å². The normalized spacial score (nSPS) is 15.4. The minimum absolute atomic E-state index is 0.0143. The monoisotopic (exact) mass is 624 g/mol. The van der Waals surface area contributed by atoms with Crippen molar-refractivity contribution in [2.24, 2.45) is 0 Å². The largest absolute Gasteiger partial charge is 0.416 e. The fourth-order valence-corrected chi connectivity index (χ4v) is 5.79. The number of nitrogens with zero attached hydrogens (tertiary/aromatic N) is 3. The van der Waals surface area contributed by atoms with Gasteiger partial charge in [0.05, 0.1) is 28.9 Å². The molecule has 0 spiro atoms. The van der Waals surface area contributed by atoms with E-state index in [0.29, 0.717) is 40.9 Å². The Labute approximate surface area is 250 Å². The van der Waals surface area contributed by atoms with Crippen molar-refractivity contribution in [1.82, 2.24) is 10.3 Å². The molecule has 0 bridgehead atoms. The van der Waals surface area contributed by atoms with Crippen molar-refractivity contribution < 1.29 is 31.5 Å². The van der Waals surface area contributed by atoms with Gasteiger partial charge in [-0.3, -0.25) is 9.69 Å². The van der Waals surface area contributed by atoms with E-state index in [1.807, 2.05) is 6.07 Å². The first-order valence-electron chi connectivity index (χ1n) is 12.9. The Bertz CT molecular complexity index is 1940. The lowest BCUT2D eigenvalue weighted by atomic mass is 9.87. The molecule has 6 rings (SSSR count). The van der Waals surface area contributed by atoms with E-state index >= 15 is 0 Å². The van der Waals surface area contributed by atoms with Gasteiger partial charge in [0.1, 0.15) is 17.5 Å². The van der Waals surface area contributed by atoms with Gasteiger partial charge in [0.2, 0.25) is 0 Å². The van der Waals surface area contributed by atoms with E-state index in [1.165, 1.54) is 29.3 Å². The average Bonchev–Trinajstić information content (AvgIpc) is 3.42. The molecule has 0 fully saturated rings. The number of nitriles is 1. The van der Waals surface area contributed by atoms with Crippen LogP contribution in [0.3, 0.4) is 0 Å². The maximum absolute atomic E-state index is 14.4. The Morgan fingerprint density at radius 2 is 1.89 bits per heavy atom. The number of nitrogens with two attached hydrogens (primary N) is 1. The van der Waals surface area contributed by atoms with Gasteiger partial charge in [-0.15, -0.1) is 0 Å². The highest BCUT2D eigenvalue weighted by Gasteiger charge is 2.41. The summed E-state index contributed by atoms with van der Waals surface area (Å²) in [4.78, 5) is 32.2. The number of pyridine rings is 1. The predicted molar refractivity (Wildman–Crippen MR) is 151 cm³/mol. The number of carbonyl (C=O) groups is 2. The molecular weight excluding hydrogens is 607 g/mol. The van der Waals surface area contributed by atoms with Crippen LogP contribution in [0.4, 0.5) is 43.9 Å². The molecule has 4 aromatic rings. The molecule has 3 amide bonds. The van der Waals surface area contributed by atoms with Crippen LogP contribution in [0.1, 0.15) is 44.2 Å². The molecule has 1 atom stereocenters. The number of aromatic nitrogens is 1. The summed E-state index contributed by atoms with van der Waals surface area (Å²) in [7, 11) is 0. The number of amides is 3. The number of hydrogen-bond donors (Lipinski definition) is 3. The molecule has 0 aliphatic carbocycles. The van der Waals surface area contributed by atoms with Gasteiger partial charge >= 0.3 is 12.2 Å². The Morgan fingerprint density at radius 1 is 1.11 bits per heavy atom. The second-order valence-electron chi connectivity index (χ2n) is 10.1. The zero-order valence-corrected chi connectivity index (χ0v) is 22.9. The SMILES string of the molecule is N#Cc1cc(N)ncc1-c1cc(NC(=O)c2cc(F)cc(C(F)(F)F)c2)c2c3c1CCN3C(=O)NC2c1cc(F)ccc1Cl. The lowest BCUT2D eigenvalue weighted by Crippen LogP contribution is -2.46. The predicted octanol–water partition coefficient (Wildman–Crippen LogP) is 6.58. The van der Waals surface area contributed by atoms with E-state index < -0.39 is 46.9 Å². The molecule has 3 aromatic carbocycles. The molecule has 0 radical (unpaired) electrons. The third kappa shape index (κ3) is 4.92. The summed E-state index contributed by atoms with van der Waals surface area (Å²) in [5.74, 6) is -2.97. The third-order valence-corrected chi connectivity index (χ3v) is 7.79. The number of alkyl halides is 3.